The maximum Gasteiger partial charge on any atom is 0.189 e. The molecule has 0 unspecified atom stereocenters. The number of ether oxygens (including phenoxy) is 4. The Morgan fingerprint density at radius 2 is 1.08 bits per heavy atom. The van der Waals surface area contributed by atoms with Crippen molar-refractivity contribution in [1.29, 1.82) is 0 Å². The van der Waals surface area contributed by atoms with Gasteiger partial charge in [0.1, 0.15) is 12.2 Å². The summed E-state index contributed by atoms with van der Waals surface area (Å²) in [6.07, 6.45) is 17.0. The molecule has 2 aliphatic rings. The average Bonchev–Trinajstić information content (AvgIpc) is 3.26. The largest absolute Gasteiger partial charge is 0.374 e. The average molecular weight is 521 g/mol. The van der Waals surface area contributed by atoms with Crippen LogP contribution in [0.25, 0.3) is 0 Å². The third kappa shape index (κ3) is 9.96. The van der Waals surface area contributed by atoms with Gasteiger partial charge >= 0.3 is 0 Å². The van der Waals surface area contributed by atoms with Gasteiger partial charge in [-0.2, -0.15) is 0 Å². The molecular formula is C34H48O4. The summed E-state index contributed by atoms with van der Waals surface area (Å²) in [6, 6.07) is 20.7. The Hall–Kier alpha value is -1.98. The highest BCUT2D eigenvalue weighted by molar-refractivity contribution is 5.14. The molecule has 4 rings (SSSR count). The Morgan fingerprint density at radius 3 is 1.58 bits per heavy atom. The van der Waals surface area contributed by atoms with Gasteiger partial charge in [-0.05, 0) is 43.4 Å². The molecule has 2 aromatic rings. The summed E-state index contributed by atoms with van der Waals surface area (Å²) < 4.78 is 25.9. The van der Waals surface area contributed by atoms with Gasteiger partial charge < -0.3 is 18.9 Å². The van der Waals surface area contributed by atoms with Gasteiger partial charge in [-0.15, -0.1) is 0 Å². The summed E-state index contributed by atoms with van der Waals surface area (Å²) in [5, 5.41) is 0. The van der Waals surface area contributed by atoms with E-state index in [1.54, 1.807) is 0 Å². The van der Waals surface area contributed by atoms with E-state index < -0.39 is 5.79 Å². The molecule has 0 saturated carbocycles. The topological polar surface area (TPSA) is 36.9 Å². The Balaban J connectivity index is 1.43. The zero-order chi connectivity index (χ0) is 26.3. The predicted molar refractivity (Wildman–Crippen MR) is 154 cm³/mol. The van der Waals surface area contributed by atoms with Gasteiger partial charge in [-0.3, -0.25) is 0 Å². The molecule has 0 aromatic heterocycles. The second-order valence-electron chi connectivity index (χ2n) is 11.2. The smallest absolute Gasteiger partial charge is 0.189 e. The number of allylic oxidation sites excluding steroid dienone is 1. The summed E-state index contributed by atoms with van der Waals surface area (Å²) >= 11 is 0. The Bertz CT molecular complexity index is 873. The fourth-order valence-corrected chi connectivity index (χ4v) is 5.60. The second-order valence-corrected chi connectivity index (χ2v) is 11.2. The van der Waals surface area contributed by atoms with E-state index in [1.807, 2.05) is 36.4 Å². The molecule has 208 valence electrons. The highest BCUT2D eigenvalue weighted by Crippen LogP contribution is 2.37. The van der Waals surface area contributed by atoms with Crippen LogP contribution in [0.5, 0.6) is 0 Å². The maximum atomic E-state index is 6.79. The van der Waals surface area contributed by atoms with E-state index in [2.05, 4.69) is 37.3 Å². The lowest BCUT2D eigenvalue weighted by Gasteiger charge is -2.26. The summed E-state index contributed by atoms with van der Waals surface area (Å²) in [5.74, 6) is -0.689. The van der Waals surface area contributed by atoms with E-state index in [0.29, 0.717) is 26.4 Å². The molecule has 0 amide bonds. The van der Waals surface area contributed by atoms with Crippen LogP contribution in [-0.2, 0) is 32.2 Å². The lowest BCUT2D eigenvalue weighted by atomic mass is 10.0. The monoisotopic (exact) mass is 520 g/mol. The molecule has 1 aliphatic carbocycles. The molecule has 38 heavy (non-hydrogen) atoms. The van der Waals surface area contributed by atoms with Gasteiger partial charge in [0, 0.05) is 6.42 Å². The van der Waals surface area contributed by atoms with Crippen molar-refractivity contribution < 1.29 is 18.9 Å². The van der Waals surface area contributed by atoms with E-state index in [1.165, 1.54) is 74.5 Å². The first-order valence-corrected chi connectivity index (χ1v) is 15.0. The molecule has 4 nitrogen and oxygen atoms in total. The third-order valence-electron chi connectivity index (χ3n) is 7.72. The lowest BCUT2D eigenvalue weighted by Crippen LogP contribution is -2.31. The van der Waals surface area contributed by atoms with Crippen molar-refractivity contribution in [1.82, 2.24) is 0 Å². The van der Waals surface area contributed by atoms with Crippen molar-refractivity contribution in [3.63, 3.8) is 0 Å². The SMILES string of the molecule is C/C1=C/C2(CCCCCCCCCCCC1)O[C@@H](COCc1ccccc1)[C@H](COCc1ccccc1)O2. The number of rotatable bonds is 8. The maximum absolute atomic E-state index is 6.79. The summed E-state index contributed by atoms with van der Waals surface area (Å²) in [7, 11) is 0. The first-order chi connectivity index (χ1) is 18.7. The van der Waals surface area contributed by atoms with E-state index in [9.17, 15) is 0 Å². The van der Waals surface area contributed by atoms with E-state index in [4.69, 9.17) is 18.9 Å². The van der Waals surface area contributed by atoms with Gasteiger partial charge in [0.05, 0.1) is 26.4 Å². The molecule has 0 N–H and O–H groups in total. The molecule has 4 heteroatoms. The fraction of sp³-hybridized carbons (Fsp3) is 0.588. The van der Waals surface area contributed by atoms with Crippen molar-refractivity contribution in [3.8, 4) is 0 Å². The molecule has 1 fully saturated rings. The molecule has 1 heterocycles. The van der Waals surface area contributed by atoms with Crippen LogP contribution in [-0.4, -0.2) is 31.2 Å². The van der Waals surface area contributed by atoms with Gasteiger partial charge in [-0.25, -0.2) is 0 Å². The van der Waals surface area contributed by atoms with Crippen molar-refractivity contribution in [2.45, 2.75) is 115 Å². The number of hydrogen-bond donors (Lipinski definition) is 0. The van der Waals surface area contributed by atoms with Crippen LogP contribution >= 0.6 is 0 Å². The second kappa shape index (κ2) is 16.2. The van der Waals surface area contributed by atoms with Crippen molar-refractivity contribution in [2.24, 2.45) is 0 Å². The van der Waals surface area contributed by atoms with Crippen LogP contribution in [0.1, 0.15) is 95.1 Å². The van der Waals surface area contributed by atoms with E-state index in [0.717, 1.165) is 19.3 Å². The van der Waals surface area contributed by atoms with Crippen LogP contribution in [0.3, 0.4) is 0 Å². The lowest BCUT2D eigenvalue weighted by molar-refractivity contribution is -0.151. The van der Waals surface area contributed by atoms with Crippen LogP contribution in [0, 0.1) is 0 Å². The van der Waals surface area contributed by atoms with Crippen LogP contribution in [0.15, 0.2) is 72.3 Å². The normalized spacial score (nSPS) is 24.8. The van der Waals surface area contributed by atoms with E-state index >= 15 is 0 Å². The van der Waals surface area contributed by atoms with Crippen molar-refractivity contribution >= 4 is 0 Å². The Kier molecular flexibility index (Phi) is 12.4. The van der Waals surface area contributed by atoms with Crippen LogP contribution in [0.4, 0.5) is 0 Å². The van der Waals surface area contributed by atoms with E-state index in [-0.39, 0.29) is 12.2 Å². The van der Waals surface area contributed by atoms with Crippen molar-refractivity contribution in [3.05, 3.63) is 83.4 Å². The molecule has 0 bridgehead atoms. The molecule has 1 saturated heterocycles. The predicted octanol–water partition coefficient (Wildman–Crippen LogP) is 8.54. The Morgan fingerprint density at radius 1 is 0.632 bits per heavy atom. The zero-order valence-corrected chi connectivity index (χ0v) is 23.5. The highest BCUT2D eigenvalue weighted by Gasteiger charge is 2.46. The van der Waals surface area contributed by atoms with Crippen LogP contribution < -0.4 is 0 Å². The number of hydrogen-bond acceptors (Lipinski definition) is 4. The third-order valence-corrected chi connectivity index (χ3v) is 7.72. The minimum Gasteiger partial charge on any atom is -0.374 e. The molecule has 0 radical (unpaired) electrons. The van der Waals surface area contributed by atoms with Gasteiger partial charge in [0.25, 0.3) is 0 Å². The molecule has 2 aromatic carbocycles. The minimum absolute atomic E-state index is 0.166. The molecular weight excluding hydrogens is 472 g/mol. The quantitative estimate of drug-likeness (QED) is 0.327. The fourth-order valence-electron chi connectivity index (χ4n) is 5.60. The van der Waals surface area contributed by atoms with Gasteiger partial charge in [-0.1, -0.05) is 118 Å². The van der Waals surface area contributed by atoms with Gasteiger partial charge in [0.2, 0.25) is 0 Å². The van der Waals surface area contributed by atoms with Crippen molar-refractivity contribution in [2.75, 3.05) is 13.2 Å². The molecule has 2 atom stereocenters. The highest BCUT2D eigenvalue weighted by atomic mass is 16.8. The molecule has 1 spiro atoms. The van der Waals surface area contributed by atoms with Crippen LogP contribution in [0.2, 0.25) is 0 Å². The summed E-state index contributed by atoms with van der Waals surface area (Å²) in [5.41, 5.74) is 3.71. The first-order valence-electron chi connectivity index (χ1n) is 15.0. The van der Waals surface area contributed by atoms with Gasteiger partial charge in [0.15, 0.2) is 5.79 Å². The first kappa shape index (κ1) is 29.0. The zero-order valence-electron chi connectivity index (χ0n) is 23.5. The Labute approximate surface area is 230 Å². The summed E-state index contributed by atoms with van der Waals surface area (Å²) in [6.45, 7) is 4.36. The molecule has 1 aliphatic heterocycles. The minimum atomic E-state index is -0.689. The summed E-state index contributed by atoms with van der Waals surface area (Å²) in [4.78, 5) is 0. The number of benzene rings is 2. The standard InChI is InChI=1S/C34H48O4/c1-29-18-12-8-6-4-2-3-5-7-9-17-23-34(24-29)37-32(27-35-25-30-19-13-10-14-20-30)33(38-34)28-36-26-31-21-15-11-16-22-31/h10-11,13-16,19-22,24,32-33H,2-9,12,17-18,23,25-28H2,1H3/b29-24-/t32-,33-/m0/s1.